The molecule has 0 aromatic carbocycles. The Kier molecular flexibility index (Phi) is 4.69. The van der Waals surface area contributed by atoms with Crippen LogP contribution in [-0.4, -0.2) is 29.3 Å². The molecule has 2 N–H and O–H groups in total. The Morgan fingerprint density at radius 3 is 2.65 bits per heavy atom. The molecule has 0 radical (unpaired) electrons. The minimum Gasteiger partial charge on any atom is -0.375 e. The lowest BCUT2D eigenvalue weighted by atomic mass is 9.69. The van der Waals surface area contributed by atoms with E-state index in [-0.39, 0.29) is 11.1 Å². The van der Waals surface area contributed by atoms with Crippen LogP contribution >= 0.6 is 11.8 Å². The molecule has 1 spiro atoms. The van der Waals surface area contributed by atoms with Gasteiger partial charge < -0.3 is 10.5 Å². The molecule has 2 heterocycles. The zero-order chi connectivity index (χ0) is 14.1. The number of hydrogen-bond acceptors (Lipinski definition) is 3. The van der Waals surface area contributed by atoms with Gasteiger partial charge in [0, 0.05) is 12.1 Å². The van der Waals surface area contributed by atoms with Crippen molar-refractivity contribution in [2.24, 2.45) is 17.6 Å². The van der Waals surface area contributed by atoms with Crippen molar-refractivity contribution in [3.63, 3.8) is 0 Å². The maximum absolute atomic E-state index is 6.93. The van der Waals surface area contributed by atoms with Gasteiger partial charge >= 0.3 is 0 Å². The molecule has 3 aliphatic rings. The van der Waals surface area contributed by atoms with E-state index in [9.17, 15) is 0 Å². The summed E-state index contributed by atoms with van der Waals surface area (Å²) in [6.07, 6.45) is 11.5. The molecule has 3 fully saturated rings. The summed E-state index contributed by atoms with van der Waals surface area (Å²) in [6, 6.07) is 0. The molecule has 2 nitrogen and oxygen atoms in total. The quantitative estimate of drug-likeness (QED) is 0.744. The van der Waals surface area contributed by atoms with Gasteiger partial charge in [-0.15, -0.1) is 0 Å². The Bertz CT molecular complexity index is 323. The van der Waals surface area contributed by atoms with E-state index >= 15 is 0 Å². The lowest BCUT2D eigenvalue weighted by molar-refractivity contribution is -0.115. The van der Waals surface area contributed by atoms with Crippen molar-refractivity contribution in [3.8, 4) is 0 Å². The van der Waals surface area contributed by atoms with Crippen LogP contribution in [0.3, 0.4) is 0 Å². The number of hydrogen-bond donors (Lipinski definition) is 1. The van der Waals surface area contributed by atoms with Crippen LogP contribution in [0.1, 0.15) is 64.7 Å². The molecule has 1 saturated carbocycles. The van der Waals surface area contributed by atoms with E-state index in [0.717, 1.165) is 12.5 Å². The summed E-state index contributed by atoms with van der Waals surface area (Å²) in [5.41, 5.74) is 7.22. The van der Waals surface area contributed by atoms with Gasteiger partial charge in [0.05, 0.1) is 5.60 Å². The molecule has 3 heteroatoms. The molecule has 3 unspecified atom stereocenters. The van der Waals surface area contributed by atoms with Crippen LogP contribution in [0.5, 0.6) is 0 Å². The predicted molar refractivity (Wildman–Crippen MR) is 87.1 cm³/mol. The van der Waals surface area contributed by atoms with Crippen LogP contribution in [0.4, 0.5) is 0 Å². The second-order valence-corrected chi connectivity index (χ2v) is 8.83. The van der Waals surface area contributed by atoms with Crippen molar-refractivity contribution in [1.82, 2.24) is 0 Å². The van der Waals surface area contributed by atoms with Crippen LogP contribution in [-0.2, 0) is 4.74 Å². The van der Waals surface area contributed by atoms with Crippen LogP contribution in [0.2, 0.25) is 0 Å². The third kappa shape index (κ3) is 3.20. The highest BCUT2D eigenvalue weighted by atomic mass is 32.2. The van der Waals surface area contributed by atoms with Crippen molar-refractivity contribution < 1.29 is 4.74 Å². The molecule has 3 atom stereocenters. The van der Waals surface area contributed by atoms with Crippen molar-refractivity contribution in [2.45, 2.75) is 75.9 Å². The van der Waals surface area contributed by atoms with Gasteiger partial charge in [-0.05, 0) is 68.3 Å². The normalized spacial score (nSPS) is 42.3. The first-order valence-electron chi connectivity index (χ1n) is 8.63. The van der Waals surface area contributed by atoms with E-state index in [1.54, 1.807) is 0 Å². The molecule has 3 rings (SSSR count). The largest absolute Gasteiger partial charge is 0.375 e. The van der Waals surface area contributed by atoms with Crippen LogP contribution in [0, 0.1) is 11.8 Å². The van der Waals surface area contributed by atoms with Gasteiger partial charge in [-0.2, -0.15) is 11.8 Å². The fourth-order valence-electron chi connectivity index (χ4n) is 4.58. The maximum atomic E-state index is 6.93. The molecule has 20 heavy (non-hydrogen) atoms. The highest BCUT2D eigenvalue weighted by Gasteiger charge is 2.45. The molecular formula is C17H31NOS. The highest BCUT2D eigenvalue weighted by molar-refractivity contribution is 7.99. The Labute approximate surface area is 128 Å². The SMILES string of the molecule is CC1CCCC(N)(C2CCOC3(CCSCC3)C2)CC1. The van der Waals surface area contributed by atoms with Crippen LogP contribution in [0.15, 0.2) is 0 Å². The molecule has 116 valence electrons. The van der Waals surface area contributed by atoms with E-state index in [1.165, 1.54) is 69.3 Å². The summed E-state index contributed by atoms with van der Waals surface area (Å²) in [7, 11) is 0. The van der Waals surface area contributed by atoms with Gasteiger partial charge in [0.1, 0.15) is 0 Å². The third-order valence-electron chi connectivity index (χ3n) is 6.15. The van der Waals surface area contributed by atoms with Gasteiger partial charge in [0.2, 0.25) is 0 Å². The first kappa shape index (κ1) is 15.2. The van der Waals surface area contributed by atoms with E-state index in [4.69, 9.17) is 10.5 Å². The minimum absolute atomic E-state index is 0.103. The van der Waals surface area contributed by atoms with Crippen molar-refractivity contribution >= 4 is 11.8 Å². The number of thioether (sulfide) groups is 1. The second-order valence-electron chi connectivity index (χ2n) is 7.60. The number of nitrogens with two attached hydrogens (primary N) is 1. The molecule has 0 aromatic rings. The number of rotatable bonds is 1. The summed E-state index contributed by atoms with van der Waals surface area (Å²) in [5.74, 6) is 4.13. The van der Waals surface area contributed by atoms with Crippen molar-refractivity contribution in [3.05, 3.63) is 0 Å². The minimum atomic E-state index is 0.103. The Morgan fingerprint density at radius 1 is 1.05 bits per heavy atom. The van der Waals surface area contributed by atoms with Gasteiger partial charge in [-0.3, -0.25) is 0 Å². The first-order chi connectivity index (χ1) is 9.62. The third-order valence-corrected chi connectivity index (χ3v) is 7.14. The van der Waals surface area contributed by atoms with Crippen molar-refractivity contribution in [1.29, 1.82) is 0 Å². The van der Waals surface area contributed by atoms with Crippen LogP contribution < -0.4 is 5.73 Å². The van der Waals surface area contributed by atoms with Gasteiger partial charge in [0.15, 0.2) is 0 Å². The molecule has 2 saturated heterocycles. The molecule has 1 aliphatic carbocycles. The van der Waals surface area contributed by atoms with Gasteiger partial charge in [0.25, 0.3) is 0 Å². The lowest BCUT2D eigenvalue weighted by Gasteiger charge is -2.48. The standard InChI is InChI=1S/C17H31NOS/c1-14-3-2-6-17(18,7-4-14)15-5-10-19-16(13-15)8-11-20-12-9-16/h14-15H,2-13,18H2,1H3. The summed E-state index contributed by atoms with van der Waals surface area (Å²) in [6.45, 7) is 3.35. The van der Waals surface area contributed by atoms with E-state index in [0.29, 0.717) is 5.92 Å². The highest BCUT2D eigenvalue weighted by Crippen LogP contribution is 2.45. The summed E-state index contributed by atoms with van der Waals surface area (Å²) < 4.78 is 6.26. The average Bonchev–Trinajstić information content (AvgIpc) is 2.63. The zero-order valence-corrected chi connectivity index (χ0v) is 13.9. The second kappa shape index (κ2) is 6.18. The summed E-state index contributed by atoms with van der Waals surface area (Å²) in [4.78, 5) is 0. The monoisotopic (exact) mass is 297 g/mol. The Hall–Kier alpha value is 0.270. The molecule has 2 aliphatic heterocycles. The fourth-order valence-corrected chi connectivity index (χ4v) is 5.82. The molecular weight excluding hydrogens is 266 g/mol. The predicted octanol–water partition coefficient (Wildman–Crippen LogP) is 3.98. The summed E-state index contributed by atoms with van der Waals surface area (Å²) in [5, 5.41) is 0. The Balaban J connectivity index is 1.69. The fraction of sp³-hybridized carbons (Fsp3) is 1.00. The first-order valence-corrected chi connectivity index (χ1v) is 9.78. The average molecular weight is 298 g/mol. The Morgan fingerprint density at radius 2 is 1.85 bits per heavy atom. The van der Waals surface area contributed by atoms with E-state index < -0.39 is 0 Å². The van der Waals surface area contributed by atoms with Crippen molar-refractivity contribution in [2.75, 3.05) is 18.1 Å². The molecule has 0 bridgehead atoms. The van der Waals surface area contributed by atoms with E-state index in [1.807, 2.05) is 0 Å². The van der Waals surface area contributed by atoms with E-state index in [2.05, 4.69) is 18.7 Å². The number of ether oxygens (including phenoxy) is 1. The van der Waals surface area contributed by atoms with Gasteiger partial charge in [-0.1, -0.05) is 19.8 Å². The maximum Gasteiger partial charge on any atom is 0.0701 e. The van der Waals surface area contributed by atoms with Crippen LogP contribution in [0.25, 0.3) is 0 Å². The topological polar surface area (TPSA) is 35.2 Å². The lowest BCUT2D eigenvalue weighted by Crippen LogP contribution is -2.54. The molecule has 0 aromatic heterocycles. The van der Waals surface area contributed by atoms with Gasteiger partial charge in [-0.25, -0.2) is 0 Å². The summed E-state index contributed by atoms with van der Waals surface area (Å²) >= 11 is 2.09. The smallest absolute Gasteiger partial charge is 0.0701 e. The zero-order valence-electron chi connectivity index (χ0n) is 13.0. The molecule has 0 amide bonds.